The standard InChI is InChI=1S/C24H35N5O3/c1-28(2)20-8-4-18(5-9-20)17-32-23-22(30-3)16-25-24(27-23)26-19-6-10-21(11-7-19)29-12-14-31-15-13-29/h6-7,10-11,16,18,20H,4-5,8-9,12-15,17H2,1-3H3,(H,25,26,27). The van der Waals surface area contributed by atoms with Crippen LogP contribution in [0.25, 0.3) is 0 Å². The lowest BCUT2D eigenvalue weighted by Gasteiger charge is -2.32. The van der Waals surface area contributed by atoms with Crippen LogP contribution in [0.3, 0.4) is 0 Å². The van der Waals surface area contributed by atoms with Crippen LogP contribution >= 0.6 is 0 Å². The predicted octanol–water partition coefficient (Wildman–Crippen LogP) is 3.56. The molecule has 8 heteroatoms. The maximum atomic E-state index is 6.09. The van der Waals surface area contributed by atoms with E-state index >= 15 is 0 Å². The molecule has 8 nitrogen and oxygen atoms in total. The number of morpholine rings is 1. The number of anilines is 3. The van der Waals surface area contributed by atoms with Crippen molar-refractivity contribution in [2.45, 2.75) is 31.7 Å². The van der Waals surface area contributed by atoms with E-state index in [1.54, 1.807) is 13.3 Å². The largest absolute Gasteiger partial charge is 0.490 e. The summed E-state index contributed by atoms with van der Waals surface area (Å²) < 4.78 is 16.9. The van der Waals surface area contributed by atoms with Gasteiger partial charge in [-0.3, -0.25) is 0 Å². The van der Waals surface area contributed by atoms with Crippen molar-refractivity contribution in [2.75, 3.05) is 64.3 Å². The Morgan fingerprint density at radius 3 is 2.47 bits per heavy atom. The molecular weight excluding hydrogens is 406 g/mol. The van der Waals surface area contributed by atoms with Gasteiger partial charge < -0.3 is 29.3 Å². The monoisotopic (exact) mass is 441 g/mol. The van der Waals surface area contributed by atoms with E-state index in [9.17, 15) is 0 Å². The Kier molecular flexibility index (Phi) is 7.65. The Morgan fingerprint density at radius 2 is 1.81 bits per heavy atom. The van der Waals surface area contributed by atoms with Gasteiger partial charge in [0.05, 0.1) is 33.1 Å². The number of aromatic nitrogens is 2. The summed E-state index contributed by atoms with van der Waals surface area (Å²) >= 11 is 0. The van der Waals surface area contributed by atoms with Crippen LogP contribution in [0.2, 0.25) is 0 Å². The lowest BCUT2D eigenvalue weighted by atomic mass is 9.86. The smallest absolute Gasteiger partial charge is 0.262 e. The lowest BCUT2D eigenvalue weighted by Crippen LogP contribution is -2.36. The van der Waals surface area contributed by atoms with Crippen molar-refractivity contribution in [3.05, 3.63) is 30.5 Å². The molecule has 2 heterocycles. The first-order valence-electron chi connectivity index (χ1n) is 11.5. The van der Waals surface area contributed by atoms with Crippen molar-refractivity contribution >= 4 is 17.3 Å². The molecule has 2 aromatic rings. The summed E-state index contributed by atoms with van der Waals surface area (Å²) in [6.07, 6.45) is 6.45. The van der Waals surface area contributed by atoms with Crippen molar-refractivity contribution in [2.24, 2.45) is 5.92 Å². The minimum Gasteiger partial charge on any atom is -0.490 e. The number of ether oxygens (including phenoxy) is 3. The molecule has 0 amide bonds. The third kappa shape index (κ3) is 5.81. The summed E-state index contributed by atoms with van der Waals surface area (Å²) in [5.74, 6) is 2.09. The molecule has 1 aliphatic heterocycles. The number of rotatable bonds is 8. The highest BCUT2D eigenvalue weighted by molar-refractivity contribution is 5.60. The van der Waals surface area contributed by atoms with Crippen molar-refractivity contribution < 1.29 is 14.2 Å². The lowest BCUT2D eigenvalue weighted by molar-refractivity contribution is 0.122. The van der Waals surface area contributed by atoms with Gasteiger partial charge in [0.1, 0.15) is 0 Å². The van der Waals surface area contributed by atoms with Gasteiger partial charge in [0.15, 0.2) is 5.75 Å². The molecule has 2 fully saturated rings. The summed E-state index contributed by atoms with van der Waals surface area (Å²) in [5, 5.41) is 3.28. The average molecular weight is 442 g/mol. The van der Waals surface area contributed by atoms with Crippen molar-refractivity contribution in [3.63, 3.8) is 0 Å². The molecule has 0 spiro atoms. The van der Waals surface area contributed by atoms with Gasteiger partial charge in [-0.05, 0) is 70.0 Å². The first-order chi connectivity index (χ1) is 15.6. The minimum atomic E-state index is 0.490. The van der Waals surface area contributed by atoms with E-state index in [-0.39, 0.29) is 0 Å². The van der Waals surface area contributed by atoms with Crippen LogP contribution in [0, 0.1) is 5.92 Å². The first-order valence-corrected chi connectivity index (χ1v) is 11.5. The van der Waals surface area contributed by atoms with E-state index in [4.69, 9.17) is 14.2 Å². The second-order valence-electron chi connectivity index (χ2n) is 8.79. The molecule has 1 aromatic carbocycles. The number of benzene rings is 1. The molecule has 1 N–H and O–H groups in total. The Morgan fingerprint density at radius 1 is 1.09 bits per heavy atom. The summed E-state index contributed by atoms with van der Waals surface area (Å²) in [6.45, 7) is 4.05. The van der Waals surface area contributed by atoms with Crippen LogP contribution in [0.1, 0.15) is 25.7 Å². The molecule has 0 radical (unpaired) electrons. The minimum absolute atomic E-state index is 0.490. The number of nitrogens with one attached hydrogen (secondary N) is 1. The van der Waals surface area contributed by atoms with Crippen LogP contribution in [0.4, 0.5) is 17.3 Å². The van der Waals surface area contributed by atoms with E-state index < -0.39 is 0 Å². The molecule has 1 saturated heterocycles. The second-order valence-corrected chi connectivity index (χ2v) is 8.79. The first kappa shape index (κ1) is 22.6. The van der Waals surface area contributed by atoms with Crippen LogP contribution in [-0.4, -0.2) is 75.0 Å². The highest BCUT2D eigenvalue weighted by atomic mass is 16.5. The van der Waals surface area contributed by atoms with E-state index in [0.29, 0.717) is 36.1 Å². The Balaban J connectivity index is 1.35. The fraction of sp³-hybridized carbons (Fsp3) is 0.583. The van der Waals surface area contributed by atoms with Gasteiger partial charge in [-0.1, -0.05) is 0 Å². The van der Waals surface area contributed by atoms with Crippen molar-refractivity contribution in [3.8, 4) is 11.6 Å². The van der Waals surface area contributed by atoms with E-state index in [0.717, 1.165) is 32.0 Å². The van der Waals surface area contributed by atoms with E-state index in [1.165, 1.54) is 31.4 Å². The fourth-order valence-corrected chi connectivity index (χ4v) is 4.39. The zero-order chi connectivity index (χ0) is 22.3. The maximum Gasteiger partial charge on any atom is 0.262 e. The summed E-state index contributed by atoms with van der Waals surface area (Å²) in [6, 6.07) is 8.99. The number of hydrogen-bond donors (Lipinski definition) is 1. The van der Waals surface area contributed by atoms with Gasteiger partial charge in [0.25, 0.3) is 5.88 Å². The zero-order valence-corrected chi connectivity index (χ0v) is 19.4. The fourth-order valence-electron chi connectivity index (χ4n) is 4.39. The van der Waals surface area contributed by atoms with Crippen LogP contribution in [-0.2, 0) is 4.74 Å². The number of nitrogens with zero attached hydrogens (tertiary/aromatic N) is 4. The highest BCUT2D eigenvalue weighted by Crippen LogP contribution is 2.30. The predicted molar refractivity (Wildman–Crippen MR) is 126 cm³/mol. The molecular formula is C24H35N5O3. The summed E-state index contributed by atoms with van der Waals surface area (Å²) in [5.41, 5.74) is 2.13. The van der Waals surface area contributed by atoms with Gasteiger partial charge in [-0.15, -0.1) is 0 Å². The molecule has 1 aliphatic carbocycles. The van der Waals surface area contributed by atoms with Crippen molar-refractivity contribution in [1.29, 1.82) is 0 Å². The highest BCUT2D eigenvalue weighted by Gasteiger charge is 2.23. The summed E-state index contributed by atoms with van der Waals surface area (Å²) in [7, 11) is 5.95. The van der Waals surface area contributed by atoms with Gasteiger partial charge in [-0.2, -0.15) is 4.98 Å². The van der Waals surface area contributed by atoms with Crippen LogP contribution in [0.15, 0.2) is 30.5 Å². The van der Waals surface area contributed by atoms with E-state index in [2.05, 4.69) is 51.3 Å². The molecule has 1 aromatic heterocycles. The van der Waals surface area contributed by atoms with Crippen molar-refractivity contribution in [1.82, 2.24) is 14.9 Å². The maximum absolute atomic E-state index is 6.09. The van der Waals surface area contributed by atoms with E-state index in [1.807, 2.05) is 12.1 Å². The van der Waals surface area contributed by atoms with Gasteiger partial charge in [0, 0.05) is 30.5 Å². The average Bonchev–Trinajstić information content (AvgIpc) is 2.84. The Bertz CT molecular complexity index is 847. The molecule has 174 valence electrons. The topological polar surface area (TPSA) is 72.0 Å². The molecule has 0 atom stereocenters. The third-order valence-corrected chi connectivity index (χ3v) is 6.44. The van der Waals surface area contributed by atoms with Gasteiger partial charge in [0.2, 0.25) is 5.95 Å². The normalized spacial score (nSPS) is 21.4. The molecule has 32 heavy (non-hydrogen) atoms. The Labute approximate surface area is 190 Å². The molecule has 1 saturated carbocycles. The quantitative estimate of drug-likeness (QED) is 0.667. The van der Waals surface area contributed by atoms with Crippen LogP contribution in [0.5, 0.6) is 11.6 Å². The molecule has 4 rings (SSSR count). The van der Waals surface area contributed by atoms with Gasteiger partial charge in [-0.25, -0.2) is 4.98 Å². The SMILES string of the molecule is COc1cnc(Nc2ccc(N3CCOCC3)cc2)nc1OCC1CCC(N(C)C)CC1. The molecule has 0 bridgehead atoms. The van der Waals surface area contributed by atoms with Crippen LogP contribution < -0.4 is 19.7 Å². The third-order valence-electron chi connectivity index (χ3n) is 6.44. The second kappa shape index (κ2) is 10.8. The number of hydrogen-bond acceptors (Lipinski definition) is 8. The molecule has 2 aliphatic rings. The van der Waals surface area contributed by atoms with Gasteiger partial charge >= 0.3 is 0 Å². The summed E-state index contributed by atoms with van der Waals surface area (Å²) in [4.78, 5) is 13.6. The Hall–Kier alpha value is -2.58. The zero-order valence-electron chi connectivity index (χ0n) is 19.4. The number of methoxy groups -OCH3 is 1. The molecule has 0 unspecified atom stereocenters.